The van der Waals surface area contributed by atoms with Gasteiger partial charge in [-0.3, -0.25) is 0 Å². The van der Waals surface area contributed by atoms with E-state index in [9.17, 15) is 0 Å². The summed E-state index contributed by atoms with van der Waals surface area (Å²) in [6.07, 6.45) is 8.79. The summed E-state index contributed by atoms with van der Waals surface area (Å²) in [5.74, 6) is 0. The lowest BCUT2D eigenvalue weighted by Gasteiger charge is -2.29. The number of aliphatic hydroxyl groups excluding tert-OH is 1. The number of nitrogens with one attached hydrogen (secondary N) is 1. The van der Waals surface area contributed by atoms with Crippen molar-refractivity contribution in [1.29, 1.82) is 0 Å². The number of piperidine rings is 1. The number of unbranched alkanes of at least 4 members (excludes halogenated alkanes) is 3. The molecule has 17 heavy (non-hydrogen) atoms. The molecule has 0 radical (unpaired) electrons. The van der Waals surface area contributed by atoms with Crippen LogP contribution < -0.4 is 5.32 Å². The summed E-state index contributed by atoms with van der Waals surface area (Å²) in [5, 5.41) is 12.3. The Balaban J connectivity index is 1.91. The van der Waals surface area contributed by atoms with Crippen LogP contribution in [0.2, 0.25) is 0 Å². The lowest BCUT2D eigenvalue weighted by molar-refractivity contribution is 0.209. The summed E-state index contributed by atoms with van der Waals surface area (Å²) < 4.78 is 0. The van der Waals surface area contributed by atoms with Crippen molar-refractivity contribution in [3.63, 3.8) is 0 Å². The van der Waals surface area contributed by atoms with Gasteiger partial charge in [-0.2, -0.15) is 0 Å². The summed E-state index contributed by atoms with van der Waals surface area (Å²) in [5.41, 5.74) is 0. The van der Waals surface area contributed by atoms with E-state index in [1.54, 1.807) is 0 Å². The fourth-order valence-electron chi connectivity index (χ4n) is 2.53. The van der Waals surface area contributed by atoms with Gasteiger partial charge in [0.25, 0.3) is 0 Å². The average Bonchev–Trinajstić information content (AvgIpc) is 2.35. The molecule has 0 amide bonds. The first-order chi connectivity index (χ1) is 8.33. The van der Waals surface area contributed by atoms with Crippen molar-refractivity contribution < 1.29 is 5.11 Å². The van der Waals surface area contributed by atoms with Crippen molar-refractivity contribution in [2.24, 2.45) is 0 Å². The second-order valence-electron chi connectivity index (χ2n) is 5.35. The van der Waals surface area contributed by atoms with E-state index < -0.39 is 0 Å². The fraction of sp³-hybridized carbons (Fsp3) is 1.00. The molecule has 1 unspecified atom stereocenters. The number of likely N-dealkylation sites (tertiary alicyclic amines) is 1. The lowest BCUT2D eigenvalue weighted by atomic mass is 10.1. The molecule has 1 aliphatic rings. The van der Waals surface area contributed by atoms with Gasteiger partial charge in [-0.1, -0.05) is 19.3 Å². The van der Waals surface area contributed by atoms with Crippen molar-refractivity contribution in [1.82, 2.24) is 10.2 Å². The quantitative estimate of drug-likeness (QED) is 0.607. The van der Waals surface area contributed by atoms with E-state index in [1.165, 1.54) is 58.2 Å². The number of hydrogen-bond donors (Lipinski definition) is 2. The first kappa shape index (κ1) is 14.9. The maximum Gasteiger partial charge on any atom is 0.0431 e. The summed E-state index contributed by atoms with van der Waals surface area (Å²) in [4.78, 5) is 2.59. The highest BCUT2D eigenvalue weighted by Gasteiger charge is 2.12. The van der Waals surface area contributed by atoms with Crippen molar-refractivity contribution >= 4 is 0 Å². The van der Waals surface area contributed by atoms with E-state index in [0.29, 0.717) is 12.6 Å². The summed E-state index contributed by atoms with van der Waals surface area (Å²) in [6, 6.07) is 0.617. The molecule has 0 aromatic rings. The molecule has 1 rings (SSSR count). The van der Waals surface area contributed by atoms with Crippen LogP contribution in [0.3, 0.4) is 0 Å². The minimum Gasteiger partial charge on any atom is -0.396 e. The fourth-order valence-corrected chi connectivity index (χ4v) is 2.53. The molecule has 0 aromatic heterocycles. The highest BCUT2D eigenvalue weighted by atomic mass is 16.2. The third kappa shape index (κ3) is 7.74. The molecule has 0 saturated carbocycles. The zero-order valence-electron chi connectivity index (χ0n) is 11.5. The van der Waals surface area contributed by atoms with Gasteiger partial charge in [0.15, 0.2) is 0 Å². The Hall–Kier alpha value is -0.120. The highest BCUT2D eigenvalue weighted by molar-refractivity contribution is 4.71. The minimum atomic E-state index is 0.346. The van der Waals surface area contributed by atoms with Gasteiger partial charge in [-0.15, -0.1) is 0 Å². The average molecular weight is 242 g/mol. The Morgan fingerprint density at radius 3 is 2.47 bits per heavy atom. The Kier molecular flexibility index (Phi) is 8.67. The van der Waals surface area contributed by atoms with Gasteiger partial charge in [-0.05, 0) is 52.2 Å². The molecule has 3 heteroatoms. The van der Waals surface area contributed by atoms with E-state index in [4.69, 9.17) is 5.11 Å². The first-order valence-corrected chi connectivity index (χ1v) is 7.39. The predicted molar refractivity (Wildman–Crippen MR) is 73.3 cm³/mol. The smallest absolute Gasteiger partial charge is 0.0431 e. The molecule has 1 heterocycles. The zero-order valence-corrected chi connectivity index (χ0v) is 11.5. The summed E-state index contributed by atoms with van der Waals surface area (Å²) >= 11 is 0. The van der Waals surface area contributed by atoms with Crippen LogP contribution in [0.4, 0.5) is 0 Å². The number of aliphatic hydroxyl groups is 1. The van der Waals surface area contributed by atoms with Gasteiger partial charge in [0.1, 0.15) is 0 Å². The Labute approximate surface area is 107 Å². The molecule has 1 aliphatic heterocycles. The SMILES string of the molecule is CC(CN1CCCCC1)NCCCCCCO. The van der Waals surface area contributed by atoms with Gasteiger partial charge in [-0.25, -0.2) is 0 Å². The third-order valence-corrected chi connectivity index (χ3v) is 3.56. The molecule has 3 nitrogen and oxygen atoms in total. The molecular formula is C14H30N2O. The molecule has 0 aromatic carbocycles. The molecule has 0 spiro atoms. The normalized spacial score (nSPS) is 19.4. The Morgan fingerprint density at radius 1 is 1.06 bits per heavy atom. The number of rotatable bonds is 9. The van der Waals surface area contributed by atoms with Crippen LogP contribution >= 0.6 is 0 Å². The number of hydrogen-bond acceptors (Lipinski definition) is 3. The van der Waals surface area contributed by atoms with Crippen LogP contribution in [-0.4, -0.2) is 48.8 Å². The molecule has 0 bridgehead atoms. The van der Waals surface area contributed by atoms with Crippen molar-refractivity contribution in [2.75, 3.05) is 32.8 Å². The Morgan fingerprint density at radius 2 is 1.76 bits per heavy atom. The monoisotopic (exact) mass is 242 g/mol. The van der Waals surface area contributed by atoms with Crippen molar-refractivity contribution in [3.05, 3.63) is 0 Å². The van der Waals surface area contributed by atoms with E-state index in [1.807, 2.05) is 0 Å². The van der Waals surface area contributed by atoms with Gasteiger partial charge in [0, 0.05) is 19.2 Å². The maximum atomic E-state index is 8.67. The second-order valence-corrected chi connectivity index (χ2v) is 5.35. The molecule has 1 saturated heterocycles. The molecule has 1 fully saturated rings. The molecule has 2 N–H and O–H groups in total. The van der Waals surface area contributed by atoms with Gasteiger partial charge < -0.3 is 15.3 Å². The third-order valence-electron chi connectivity index (χ3n) is 3.56. The maximum absolute atomic E-state index is 8.67. The topological polar surface area (TPSA) is 35.5 Å². The van der Waals surface area contributed by atoms with Gasteiger partial charge in [0.05, 0.1) is 0 Å². The van der Waals surface area contributed by atoms with Crippen molar-refractivity contribution in [2.45, 2.75) is 57.9 Å². The zero-order chi connectivity index (χ0) is 12.3. The predicted octanol–water partition coefficient (Wildman–Crippen LogP) is 2.00. The largest absolute Gasteiger partial charge is 0.396 e. The standard InChI is InChI=1S/C14H30N2O/c1-14(13-16-10-6-4-7-11-16)15-9-5-2-3-8-12-17/h14-15,17H,2-13H2,1H3. The van der Waals surface area contributed by atoms with Crippen LogP contribution in [0, 0.1) is 0 Å². The molecular weight excluding hydrogens is 212 g/mol. The van der Waals surface area contributed by atoms with Crippen LogP contribution in [0.15, 0.2) is 0 Å². The van der Waals surface area contributed by atoms with Crippen LogP contribution in [0.1, 0.15) is 51.9 Å². The van der Waals surface area contributed by atoms with Crippen LogP contribution in [0.25, 0.3) is 0 Å². The first-order valence-electron chi connectivity index (χ1n) is 7.39. The second kappa shape index (κ2) is 9.86. The number of nitrogens with zero attached hydrogens (tertiary/aromatic N) is 1. The van der Waals surface area contributed by atoms with E-state index >= 15 is 0 Å². The molecule has 0 aliphatic carbocycles. The van der Waals surface area contributed by atoms with Crippen LogP contribution in [-0.2, 0) is 0 Å². The minimum absolute atomic E-state index is 0.346. The summed E-state index contributed by atoms with van der Waals surface area (Å²) in [7, 11) is 0. The Bertz CT molecular complexity index is 170. The van der Waals surface area contributed by atoms with Gasteiger partial charge >= 0.3 is 0 Å². The summed E-state index contributed by atoms with van der Waals surface area (Å²) in [6.45, 7) is 7.56. The van der Waals surface area contributed by atoms with Crippen LogP contribution in [0.5, 0.6) is 0 Å². The van der Waals surface area contributed by atoms with E-state index in [2.05, 4.69) is 17.1 Å². The highest BCUT2D eigenvalue weighted by Crippen LogP contribution is 2.08. The van der Waals surface area contributed by atoms with Gasteiger partial charge in [0.2, 0.25) is 0 Å². The molecule has 102 valence electrons. The lowest BCUT2D eigenvalue weighted by Crippen LogP contribution is -2.41. The van der Waals surface area contributed by atoms with Crippen molar-refractivity contribution in [3.8, 4) is 0 Å². The molecule has 1 atom stereocenters. The van der Waals surface area contributed by atoms with E-state index in [0.717, 1.165) is 13.0 Å². The van der Waals surface area contributed by atoms with E-state index in [-0.39, 0.29) is 0 Å².